The van der Waals surface area contributed by atoms with Gasteiger partial charge >= 0.3 is 5.97 Å². The molecule has 6 heteroatoms. The molecule has 138 valence electrons. The topological polar surface area (TPSA) is 84.1 Å². The molecular formula is C20H25N3O3. The number of hydrogen-bond acceptors (Lipinski definition) is 4. The highest BCUT2D eigenvalue weighted by atomic mass is 16.5. The molecule has 2 aromatic rings. The number of ether oxygens (including phenoxy) is 1. The minimum absolute atomic E-state index is 0.125. The van der Waals surface area contributed by atoms with E-state index in [0.717, 1.165) is 22.7 Å². The standard InChI is InChI=1S/C20H25N3O3/c1-11(17-8-13-3-4-14(17)7-13)22-19(24)12(2)26-20(25)15-5-6-16-10-21-23-18(16)9-15/h5-6,9-14,17H,3-4,7-8H2,1-2H3,(H,21,23)(H,22,24). The van der Waals surface area contributed by atoms with Gasteiger partial charge in [-0.3, -0.25) is 9.89 Å². The second kappa shape index (κ2) is 6.74. The number of H-pyrrole nitrogens is 1. The normalized spacial score (nSPS) is 26.6. The molecule has 1 aromatic heterocycles. The van der Waals surface area contributed by atoms with Crippen molar-refractivity contribution in [2.24, 2.45) is 17.8 Å². The first kappa shape index (κ1) is 17.1. The van der Waals surface area contributed by atoms with Gasteiger partial charge in [0.2, 0.25) is 0 Å². The van der Waals surface area contributed by atoms with E-state index in [2.05, 4.69) is 22.4 Å². The Morgan fingerprint density at radius 1 is 1.27 bits per heavy atom. The van der Waals surface area contributed by atoms with Crippen LogP contribution in [0.15, 0.2) is 24.4 Å². The van der Waals surface area contributed by atoms with Crippen LogP contribution in [0.1, 0.15) is 49.9 Å². The Labute approximate surface area is 152 Å². The number of aromatic amines is 1. The number of rotatable bonds is 5. The molecule has 1 amide bonds. The highest BCUT2D eigenvalue weighted by Crippen LogP contribution is 2.49. The third-order valence-electron chi connectivity index (χ3n) is 6.14. The third-order valence-corrected chi connectivity index (χ3v) is 6.14. The summed E-state index contributed by atoms with van der Waals surface area (Å²) in [7, 11) is 0. The Kier molecular flexibility index (Phi) is 4.42. The highest BCUT2D eigenvalue weighted by Gasteiger charge is 2.42. The zero-order valence-corrected chi connectivity index (χ0v) is 15.2. The maximum Gasteiger partial charge on any atom is 0.338 e. The van der Waals surface area contributed by atoms with E-state index in [1.54, 1.807) is 31.3 Å². The van der Waals surface area contributed by atoms with E-state index in [1.165, 1.54) is 25.7 Å². The molecule has 0 spiro atoms. The van der Waals surface area contributed by atoms with Crippen LogP contribution >= 0.6 is 0 Å². The van der Waals surface area contributed by atoms with E-state index >= 15 is 0 Å². The fourth-order valence-corrected chi connectivity index (χ4v) is 4.70. The predicted octanol–water partition coefficient (Wildman–Crippen LogP) is 3.05. The number of benzene rings is 1. The molecular weight excluding hydrogens is 330 g/mol. The average Bonchev–Trinajstić information content (AvgIpc) is 3.36. The van der Waals surface area contributed by atoms with Gasteiger partial charge in [0, 0.05) is 11.4 Å². The zero-order chi connectivity index (χ0) is 18.3. The number of nitrogens with zero attached hydrogens (tertiary/aromatic N) is 1. The van der Waals surface area contributed by atoms with Gasteiger partial charge in [0.15, 0.2) is 6.10 Å². The van der Waals surface area contributed by atoms with Crippen LogP contribution in [0.4, 0.5) is 0 Å². The van der Waals surface area contributed by atoms with Gasteiger partial charge in [-0.15, -0.1) is 0 Å². The molecule has 4 rings (SSSR count). The third kappa shape index (κ3) is 3.20. The van der Waals surface area contributed by atoms with Gasteiger partial charge in [-0.25, -0.2) is 4.79 Å². The fourth-order valence-electron chi connectivity index (χ4n) is 4.70. The summed E-state index contributed by atoms with van der Waals surface area (Å²) >= 11 is 0. The van der Waals surface area contributed by atoms with Gasteiger partial charge in [0.1, 0.15) is 0 Å². The number of fused-ring (bicyclic) bond motifs is 3. The molecule has 2 N–H and O–H groups in total. The van der Waals surface area contributed by atoms with Gasteiger partial charge in [0.25, 0.3) is 5.91 Å². The van der Waals surface area contributed by atoms with Crippen molar-refractivity contribution in [3.8, 4) is 0 Å². The first-order chi connectivity index (χ1) is 12.5. The lowest BCUT2D eigenvalue weighted by Crippen LogP contribution is -2.45. The summed E-state index contributed by atoms with van der Waals surface area (Å²) in [5, 5.41) is 10.7. The predicted molar refractivity (Wildman–Crippen MR) is 97.5 cm³/mol. The number of aromatic nitrogens is 2. The molecule has 0 aliphatic heterocycles. The number of carbonyl (C=O) groups is 2. The summed E-state index contributed by atoms with van der Waals surface area (Å²) in [4.78, 5) is 24.8. The Balaban J connectivity index is 1.33. The van der Waals surface area contributed by atoms with Crippen LogP contribution in [0.25, 0.3) is 10.9 Å². The summed E-state index contributed by atoms with van der Waals surface area (Å²) in [5.74, 6) is 1.42. The number of esters is 1. The average molecular weight is 355 g/mol. The number of amides is 1. The summed E-state index contributed by atoms with van der Waals surface area (Å²) in [6.07, 6.45) is 6.03. The largest absolute Gasteiger partial charge is 0.449 e. The smallest absolute Gasteiger partial charge is 0.338 e. The molecule has 1 heterocycles. The zero-order valence-electron chi connectivity index (χ0n) is 15.2. The monoisotopic (exact) mass is 355 g/mol. The van der Waals surface area contributed by atoms with E-state index < -0.39 is 12.1 Å². The molecule has 2 fully saturated rings. The van der Waals surface area contributed by atoms with Crippen LogP contribution in [0.5, 0.6) is 0 Å². The lowest BCUT2D eigenvalue weighted by Gasteiger charge is -2.29. The van der Waals surface area contributed by atoms with E-state index in [9.17, 15) is 9.59 Å². The van der Waals surface area contributed by atoms with Gasteiger partial charge in [-0.1, -0.05) is 12.5 Å². The van der Waals surface area contributed by atoms with Crippen molar-refractivity contribution >= 4 is 22.8 Å². The van der Waals surface area contributed by atoms with E-state index in [1.807, 2.05) is 0 Å². The van der Waals surface area contributed by atoms with Gasteiger partial charge < -0.3 is 10.1 Å². The Morgan fingerprint density at radius 2 is 2.12 bits per heavy atom. The van der Waals surface area contributed by atoms with Crippen LogP contribution in [0.3, 0.4) is 0 Å². The van der Waals surface area contributed by atoms with Gasteiger partial charge in [-0.2, -0.15) is 5.10 Å². The summed E-state index contributed by atoms with van der Waals surface area (Å²) in [6, 6.07) is 5.30. The van der Waals surface area contributed by atoms with Crippen molar-refractivity contribution in [2.45, 2.75) is 51.7 Å². The highest BCUT2D eigenvalue weighted by molar-refractivity contribution is 5.95. The van der Waals surface area contributed by atoms with Crippen molar-refractivity contribution in [3.63, 3.8) is 0 Å². The van der Waals surface area contributed by atoms with Crippen molar-refractivity contribution < 1.29 is 14.3 Å². The van der Waals surface area contributed by atoms with E-state index in [4.69, 9.17) is 4.74 Å². The quantitative estimate of drug-likeness (QED) is 0.808. The number of hydrogen-bond donors (Lipinski definition) is 2. The maximum absolute atomic E-state index is 12.4. The first-order valence-electron chi connectivity index (χ1n) is 9.45. The van der Waals surface area contributed by atoms with E-state index in [-0.39, 0.29) is 11.9 Å². The molecule has 2 bridgehead atoms. The Bertz CT molecular complexity index is 831. The van der Waals surface area contributed by atoms with Crippen LogP contribution in [-0.4, -0.2) is 34.2 Å². The second-order valence-corrected chi connectivity index (χ2v) is 7.86. The minimum atomic E-state index is -0.819. The Hall–Kier alpha value is -2.37. The molecule has 5 unspecified atom stereocenters. The Morgan fingerprint density at radius 3 is 2.85 bits per heavy atom. The lowest BCUT2D eigenvalue weighted by atomic mass is 9.84. The molecule has 2 saturated carbocycles. The van der Waals surface area contributed by atoms with Crippen molar-refractivity contribution in [2.75, 3.05) is 0 Å². The van der Waals surface area contributed by atoms with Crippen LogP contribution in [-0.2, 0) is 9.53 Å². The van der Waals surface area contributed by atoms with Crippen LogP contribution in [0, 0.1) is 17.8 Å². The molecule has 0 saturated heterocycles. The van der Waals surface area contributed by atoms with Crippen molar-refractivity contribution in [3.05, 3.63) is 30.0 Å². The molecule has 6 nitrogen and oxygen atoms in total. The minimum Gasteiger partial charge on any atom is -0.449 e. The van der Waals surface area contributed by atoms with Crippen LogP contribution < -0.4 is 5.32 Å². The van der Waals surface area contributed by atoms with Gasteiger partial charge in [0.05, 0.1) is 17.3 Å². The first-order valence-corrected chi connectivity index (χ1v) is 9.45. The van der Waals surface area contributed by atoms with Gasteiger partial charge in [-0.05, 0) is 63.0 Å². The molecule has 0 radical (unpaired) electrons. The fraction of sp³-hybridized carbons (Fsp3) is 0.550. The molecule has 1 aromatic carbocycles. The summed E-state index contributed by atoms with van der Waals surface area (Å²) < 4.78 is 5.36. The molecule has 2 aliphatic carbocycles. The second-order valence-electron chi connectivity index (χ2n) is 7.86. The van der Waals surface area contributed by atoms with Crippen LogP contribution in [0.2, 0.25) is 0 Å². The maximum atomic E-state index is 12.4. The molecule has 26 heavy (non-hydrogen) atoms. The van der Waals surface area contributed by atoms with E-state index in [0.29, 0.717) is 11.5 Å². The summed E-state index contributed by atoms with van der Waals surface area (Å²) in [5.41, 5.74) is 1.17. The number of carbonyl (C=O) groups excluding carboxylic acids is 2. The SMILES string of the molecule is CC(OC(=O)c1ccc2cn[nH]c2c1)C(=O)NC(C)C1CC2CCC1C2. The molecule has 2 aliphatic rings. The van der Waals surface area contributed by atoms with Crippen molar-refractivity contribution in [1.29, 1.82) is 0 Å². The lowest BCUT2D eigenvalue weighted by molar-refractivity contribution is -0.130. The van der Waals surface area contributed by atoms with Crippen molar-refractivity contribution in [1.82, 2.24) is 15.5 Å². The number of nitrogens with one attached hydrogen (secondary N) is 2. The summed E-state index contributed by atoms with van der Waals surface area (Å²) in [6.45, 7) is 3.69. The molecule has 5 atom stereocenters.